The van der Waals surface area contributed by atoms with E-state index in [-0.39, 0.29) is 11.3 Å². The summed E-state index contributed by atoms with van der Waals surface area (Å²) < 4.78 is 28.2. The van der Waals surface area contributed by atoms with E-state index in [1.165, 1.54) is 6.07 Å². The Morgan fingerprint density at radius 1 is 0.833 bits per heavy atom. The van der Waals surface area contributed by atoms with Crippen molar-refractivity contribution in [2.24, 2.45) is 0 Å². The number of nitrogens with one attached hydrogen (secondary N) is 1. The lowest BCUT2D eigenvalue weighted by Crippen LogP contribution is -2.13. The molecule has 2 nitrogen and oxygen atoms in total. The molecule has 0 fully saturated rings. The summed E-state index contributed by atoms with van der Waals surface area (Å²) in [6, 6.07) is 17.3. The molecule has 0 unspecified atom stereocenters. The Morgan fingerprint density at radius 3 is 2.21 bits per heavy atom. The third-order valence-electron chi connectivity index (χ3n) is 3.54. The fraction of sp³-hybridized carbons (Fsp3) is 0. The van der Waals surface area contributed by atoms with Crippen molar-refractivity contribution in [2.45, 2.75) is 4.90 Å². The zero-order chi connectivity index (χ0) is 17.1. The maximum absolute atomic E-state index is 14.2. The summed E-state index contributed by atoms with van der Waals surface area (Å²) in [5.74, 6) is -2.02. The predicted molar refractivity (Wildman–Crippen MR) is 93.4 cm³/mol. The first-order valence-electron chi connectivity index (χ1n) is 7.20. The van der Waals surface area contributed by atoms with E-state index >= 15 is 0 Å². The summed E-state index contributed by atoms with van der Waals surface area (Å²) in [5, 5.41) is 2.48. The van der Waals surface area contributed by atoms with Gasteiger partial charge in [0.05, 0.1) is 5.69 Å². The van der Waals surface area contributed by atoms with Gasteiger partial charge in [0.1, 0.15) is 11.6 Å². The molecule has 24 heavy (non-hydrogen) atoms. The van der Waals surface area contributed by atoms with E-state index in [9.17, 15) is 13.6 Å². The molecule has 0 aliphatic rings. The molecule has 0 aliphatic carbocycles. The standard InChI is InChI=1S/C19H13F2NOS/c20-15-11-16(21)17(22-19(23)12-6-2-1-3-7-12)10-14(15)13-8-4-5-9-18(13)24/h1-11,24H,(H,22,23). The fourth-order valence-electron chi connectivity index (χ4n) is 2.34. The molecule has 120 valence electrons. The van der Waals surface area contributed by atoms with Crippen LogP contribution in [0.25, 0.3) is 11.1 Å². The first-order chi connectivity index (χ1) is 11.6. The van der Waals surface area contributed by atoms with Gasteiger partial charge in [0, 0.05) is 22.1 Å². The first-order valence-corrected chi connectivity index (χ1v) is 7.65. The molecule has 3 aromatic rings. The SMILES string of the molecule is O=C(Nc1cc(-c2ccccc2S)c(F)cc1F)c1ccccc1. The fourth-order valence-corrected chi connectivity index (χ4v) is 2.62. The van der Waals surface area contributed by atoms with Crippen molar-refractivity contribution in [3.63, 3.8) is 0 Å². The lowest BCUT2D eigenvalue weighted by Gasteiger charge is -2.11. The van der Waals surface area contributed by atoms with Crippen molar-refractivity contribution in [3.05, 3.63) is 83.9 Å². The van der Waals surface area contributed by atoms with E-state index in [2.05, 4.69) is 17.9 Å². The maximum atomic E-state index is 14.2. The molecule has 0 aliphatic heterocycles. The minimum absolute atomic E-state index is 0.0863. The number of carbonyl (C=O) groups excluding carboxylic acids is 1. The molecule has 0 bridgehead atoms. The van der Waals surface area contributed by atoms with Gasteiger partial charge in [0.15, 0.2) is 0 Å². The van der Waals surface area contributed by atoms with Crippen molar-refractivity contribution in [1.82, 2.24) is 0 Å². The van der Waals surface area contributed by atoms with Crippen LogP contribution < -0.4 is 5.32 Å². The Labute approximate surface area is 143 Å². The first kappa shape index (κ1) is 16.2. The van der Waals surface area contributed by atoms with Gasteiger partial charge >= 0.3 is 0 Å². The van der Waals surface area contributed by atoms with Crippen LogP contribution in [0, 0.1) is 11.6 Å². The number of thiol groups is 1. The molecule has 0 saturated heterocycles. The summed E-state index contributed by atoms with van der Waals surface area (Å²) in [7, 11) is 0. The second-order valence-corrected chi connectivity index (χ2v) is 5.63. The van der Waals surface area contributed by atoms with Crippen molar-refractivity contribution < 1.29 is 13.6 Å². The highest BCUT2D eigenvalue weighted by Gasteiger charge is 2.15. The van der Waals surface area contributed by atoms with Gasteiger partial charge < -0.3 is 5.32 Å². The average Bonchev–Trinajstić information content (AvgIpc) is 2.59. The molecule has 3 aromatic carbocycles. The van der Waals surface area contributed by atoms with E-state index in [1.54, 1.807) is 54.6 Å². The molecule has 5 heteroatoms. The molecule has 1 N–H and O–H groups in total. The summed E-state index contributed by atoms with van der Waals surface area (Å²) in [6.45, 7) is 0. The molecule has 3 rings (SSSR count). The molecular formula is C19H13F2NOS. The van der Waals surface area contributed by atoms with E-state index in [0.29, 0.717) is 16.0 Å². The highest BCUT2D eigenvalue weighted by atomic mass is 32.1. The molecule has 0 radical (unpaired) electrons. The number of rotatable bonds is 3. The predicted octanol–water partition coefficient (Wildman–Crippen LogP) is 5.17. The largest absolute Gasteiger partial charge is 0.319 e. The van der Waals surface area contributed by atoms with Crippen LogP contribution in [0.1, 0.15) is 10.4 Å². The summed E-state index contributed by atoms with van der Waals surface area (Å²) in [4.78, 5) is 12.7. The van der Waals surface area contributed by atoms with Crippen LogP contribution in [0.15, 0.2) is 71.6 Å². The maximum Gasteiger partial charge on any atom is 0.255 e. The molecule has 1 amide bonds. The summed E-state index contributed by atoms with van der Waals surface area (Å²) in [5.41, 5.74) is 0.994. The lowest BCUT2D eigenvalue weighted by molar-refractivity contribution is 0.102. The topological polar surface area (TPSA) is 29.1 Å². The van der Waals surface area contributed by atoms with Crippen LogP contribution in [-0.2, 0) is 0 Å². The molecule has 0 saturated carbocycles. The number of carbonyl (C=O) groups is 1. The Hall–Kier alpha value is -2.66. The molecule has 0 aromatic heterocycles. The summed E-state index contributed by atoms with van der Waals surface area (Å²) >= 11 is 4.30. The Morgan fingerprint density at radius 2 is 1.50 bits per heavy atom. The van der Waals surface area contributed by atoms with Gasteiger partial charge in [-0.3, -0.25) is 4.79 Å². The van der Waals surface area contributed by atoms with Gasteiger partial charge in [-0.25, -0.2) is 8.78 Å². The molecule has 0 atom stereocenters. The number of hydrogen-bond donors (Lipinski definition) is 2. The van der Waals surface area contributed by atoms with Gasteiger partial charge in [0.2, 0.25) is 0 Å². The van der Waals surface area contributed by atoms with E-state index in [0.717, 1.165) is 6.07 Å². The van der Waals surface area contributed by atoms with Gasteiger partial charge in [-0.15, -0.1) is 12.6 Å². The van der Waals surface area contributed by atoms with E-state index < -0.39 is 17.5 Å². The zero-order valence-corrected chi connectivity index (χ0v) is 13.4. The normalized spacial score (nSPS) is 10.5. The highest BCUT2D eigenvalue weighted by molar-refractivity contribution is 7.80. The van der Waals surface area contributed by atoms with Crippen molar-refractivity contribution >= 4 is 24.2 Å². The van der Waals surface area contributed by atoms with Crippen molar-refractivity contribution in [1.29, 1.82) is 0 Å². The third kappa shape index (κ3) is 3.31. The van der Waals surface area contributed by atoms with Crippen LogP contribution in [0.2, 0.25) is 0 Å². The quantitative estimate of drug-likeness (QED) is 0.632. The molecule has 0 spiro atoms. The smallest absolute Gasteiger partial charge is 0.255 e. The molecular weight excluding hydrogens is 328 g/mol. The van der Waals surface area contributed by atoms with Crippen molar-refractivity contribution in [3.8, 4) is 11.1 Å². The number of amides is 1. The van der Waals surface area contributed by atoms with Gasteiger partial charge in [-0.05, 0) is 29.8 Å². The minimum Gasteiger partial charge on any atom is -0.319 e. The number of hydrogen-bond acceptors (Lipinski definition) is 2. The van der Waals surface area contributed by atoms with Gasteiger partial charge in [-0.2, -0.15) is 0 Å². The second-order valence-electron chi connectivity index (χ2n) is 5.15. The lowest BCUT2D eigenvalue weighted by atomic mass is 10.0. The number of halogens is 2. The Kier molecular flexibility index (Phi) is 4.62. The number of benzene rings is 3. The van der Waals surface area contributed by atoms with E-state index in [4.69, 9.17) is 0 Å². The second kappa shape index (κ2) is 6.84. The third-order valence-corrected chi connectivity index (χ3v) is 3.93. The monoisotopic (exact) mass is 341 g/mol. The van der Waals surface area contributed by atoms with Crippen LogP contribution in [0.5, 0.6) is 0 Å². The number of anilines is 1. The van der Waals surface area contributed by atoms with Crippen LogP contribution in [0.3, 0.4) is 0 Å². The van der Waals surface area contributed by atoms with Crippen LogP contribution in [-0.4, -0.2) is 5.91 Å². The van der Waals surface area contributed by atoms with Crippen molar-refractivity contribution in [2.75, 3.05) is 5.32 Å². The minimum atomic E-state index is -0.836. The van der Waals surface area contributed by atoms with Crippen LogP contribution >= 0.6 is 12.6 Å². The Bertz CT molecular complexity index is 897. The average molecular weight is 341 g/mol. The van der Waals surface area contributed by atoms with E-state index in [1.807, 2.05) is 0 Å². The highest BCUT2D eigenvalue weighted by Crippen LogP contribution is 2.32. The zero-order valence-electron chi connectivity index (χ0n) is 12.5. The Balaban J connectivity index is 1.99. The van der Waals surface area contributed by atoms with Gasteiger partial charge in [0.25, 0.3) is 5.91 Å². The van der Waals surface area contributed by atoms with Crippen LogP contribution in [0.4, 0.5) is 14.5 Å². The molecule has 0 heterocycles. The summed E-state index contributed by atoms with van der Waals surface area (Å²) in [6.07, 6.45) is 0. The van der Waals surface area contributed by atoms with Gasteiger partial charge in [-0.1, -0.05) is 36.4 Å².